The van der Waals surface area contributed by atoms with Crippen LogP contribution in [0.3, 0.4) is 0 Å². The van der Waals surface area contributed by atoms with Crippen molar-refractivity contribution in [3.63, 3.8) is 0 Å². The van der Waals surface area contributed by atoms with E-state index < -0.39 is 34.8 Å². The summed E-state index contributed by atoms with van der Waals surface area (Å²) in [7, 11) is 0. The SMILES string of the molecule is CCOC(=O)C1(NCc2ccc(F)c(F)c2)CN(C(=O)OC(C)(C)C)C1. The summed E-state index contributed by atoms with van der Waals surface area (Å²) in [5, 5.41) is 3.01. The van der Waals surface area contributed by atoms with Crippen molar-refractivity contribution in [2.75, 3.05) is 19.7 Å². The molecule has 144 valence electrons. The first kappa shape index (κ1) is 20.1. The molecule has 1 saturated heterocycles. The fourth-order valence-electron chi connectivity index (χ4n) is 2.56. The van der Waals surface area contributed by atoms with Gasteiger partial charge in [-0.2, -0.15) is 0 Å². The molecule has 0 atom stereocenters. The minimum absolute atomic E-state index is 0.0738. The maximum absolute atomic E-state index is 13.3. The lowest BCUT2D eigenvalue weighted by atomic mass is 9.89. The van der Waals surface area contributed by atoms with E-state index in [2.05, 4.69) is 5.32 Å². The first-order valence-electron chi connectivity index (χ1n) is 8.40. The number of amides is 1. The zero-order valence-corrected chi connectivity index (χ0v) is 15.4. The molecule has 0 spiro atoms. The molecule has 1 heterocycles. The molecular weight excluding hydrogens is 346 g/mol. The number of likely N-dealkylation sites (tertiary alicyclic amines) is 1. The van der Waals surface area contributed by atoms with E-state index in [-0.39, 0.29) is 26.2 Å². The van der Waals surface area contributed by atoms with E-state index in [1.165, 1.54) is 11.0 Å². The summed E-state index contributed by atoms with van der Waals surface area (Å²) in [6.07, 6.45) is -0.521. The molecule has 0 aliphatic carbocycles. The average Bonchev–Trinajstić information content (AvgIpc) is 2.48. The second-order valence-corrected chi connectivity index (χ2v) is 7.24. The van der Waals surface area contributed by atoms with Gasteiger partial charge in [0.15, 0.2) is 17.2 Å². The van der Waals surface area contributed by atoms with Crippen LogP contribution in [0, 0.1) is 11.6 Å². The molecule has 1 aliphatic heterocycles. The summed E-state index contributed by atoms with van der Waals surface area (Å²) < 4.78 is 36.7. The van der Waals surface area contributed by atoms with Crippen LogP contribution < -0.4 is 5.32 Å². The summed E-state index contributed by atoms with van der Waals surface area (Å²) >= 11 is 0. The van der Waals surface area contributed by atoms with Gasteiger partial charge in [0.1, 0.15) is 5.60 Å². The van der Waals surface area contributed by atoms with Gasteiger partial charge in [0.25, 0.3) is 0 Å². The first-order valence-corrected chi connectivity index (χ1v) is 8.40. The number of nitrogens with zero attached hydrogens (tertiary/aromatic N) is 1. The number of rotatable bonds is 5. The largest absolute Gasteiger partial charge is 0.465 e. The number of nitrogens with one attached hydrogen (secondary N) is 1. The molecule has 0 saturated carbocycles. The lowest BCUT2D eigenvalue weighted by Gasteiger charge is -2.48. The van der Waals surface area contributed by atoms with E-state index in [0.29, 0.717) is 5.56 Å². The summed E-state index contributed by atoms with van der Waals surface area (Å²) in [6.45, 7) is 7.41. The molecule has 0 bridgehead atoms. The average molecular weight is 370 g/mol. The minimum Gasteiger partial charge on any atom is -0.465 e. The van der Waals surface area contributed by atoms with Gasteiger partial charge >= 0.3 is 12.1 Å². The molecule has 1 aliphatic rings. The van der Waals surface area contributed by atoms with Crippen LogP contribution >= 0.6 is 0 Å². The number of carbonyl (C=O) groups excluding carboxylic acids is 2. The quantitative estimate of drug-likeness (QED) is 0.807. The first-order chi connectivity index (χ1) is 12.1. The molecule has 26 heavy (non-hydrogen) atoms. The van der Waals surface area contributed by atoms with E-state index >= 15 is 0 Å². The zero-order chi connectivity index (χ0) is 19.5. The molecule has 1 amide bonds. The summed E-state index contributed by atoms with van der Waals surface area (Å²) in [4.78, 5) is 25.8. The normalized spacial score (nSPS) is 16.0. The summed E-state index contributed by atoms with van der Waals surface area (Å²) in [6, 6.07) is 3.51. The Kier molecular flexibility index (Phi) is 5.85. The number of halogens is 2. The third-order valence-electron chi connectivity index (χ3n) is 3.85. The third kappa shape index (κ3) is 4.69. The van der Waals surface area contributed by atoms with Crippen molar-refractivity contribution in [1.82, 2.24) is 10.2 Å². The van der Waals surface area contributed by atoms with E-state index in [0.717, 1.165) is 12.1 Å². The van der Waals surface area contributed by atoms with Gasteiger partial charge in [-0.25, -0.2) is 18.4 Å². The molecule has 0 aromatic heterocycles. The fourth-order valence-corrected chi connectivity index (χ4v) is 2.56. The van der Waals surface area contributed by atoms with Crippen LogP contribution in [0.4, 0.5) is 13.6 Å². The second kappa shape index (κ2) is 7.57. The predicted molar refractivity (Wildman–Crippen MR) is 90.4 cm³/mol. The molecule has 1 fully saturated rings. The maximum atomic E-state index is 13.3. The molecule has 2 rings (SSSR count). The van der Waals surface area contributed by atoms with Gasteiger partial charge < -0.3 is 14.4 Å². The highest BCUT2D eigenvalue weighted by atomic mass is 19.2. The Morgan fingerprint density at radius 3 is 2.42 bits per heavy atom. The van der Waals surface area contributed by atoms with Crippen molar-refractivity contribution < 1.29 is 27.8 Å². The van der Waals surface area contributed by atoms with Crippen LogP contribution in [0.2, 0.25) is 0 Å². The van der Waals surface area contributed by atoms with Crippen molar-refractivity contribution in [2.24, 2.45) is 0 Å². The molecule has 1 aromatic rings. The Balaban J connectivity index is 2.04. The molecular formula is C18H24F2N2O4. The monoisotopic (exact) mass is 370 g/mol. The zero-order valence-electron chi connectivity index (χ0n) is 15.4. The number of hydrogen-bond acceptors (Lipinski definition) is 5. The Morgan fingerprint density at radius 1 is 1.23 bits per heavy atom. The smallest absolute Gasteiger partial charge is 0.410 e. The van der Waals surface area contributed by atoms with Gasteiger partial charge in [-0.1, -0.05) is 6.07 Å². The minimum atomic E-state index is -1.10. The van der Waals surface area contributed by atoms with E-state index in [1.807, 2.05) is 0 Å². The number of ether oxygens (including phenoxy) is 2. The molecule has 1 N–H and O–H groups in total. The van der Waals surface area contributed by atoms with Crippen molar-refractivity contribution >= 4 is 12.1 Å². The van der Waals surface area contributed by atoms with Crippen LogP contribution in [0.15, 0.2) is 18.2 Å². The van der Waals surface area contributed by atoms with Crippen LogP contribution in [-0.2, 0) is 20.8 Å². The molecule has 8 heteroatoms. The molecule has 0 radical (unpaired) electrons. The lowest BCUT2D eigenvalue weighted by Crippen LogP contribution is -2.74. The number of hydrogen-bond donors (Lipinski definition) is 1. The number of benzene rings is 1. The Labute approximate surface area is 151 Å². The van der Waals surface area contributed by atoms with Crippen LogP contribution in [0.25, 0.3) is 0 Å². The Bertz CT molecular complexity index is 682. The van der Waals surface area contributed by atoms with Gasteiger partial charge in [-0.15, -0.1) is 0 Å². The van der Waals surface area contributed by atoms with Gasteiger partial charge in [0, 0.05) is 6.54 Å². The van der Waals surface area contributed by atoms with Gasteiger partial charge in [0.2, 0.25) is 0 Å². The van der Waals surface area contributed by atoms with E-state index in [4.69, 9.17) is 9.47 Å². The molecule has 6 nitrogen and oxygen atoms in total. The molecule has 1 aromatic carbocycles. The topological polar surface area (TPSA) is 67.9 Å². The van der Waals surface area contributed by atoms with Crippen molar-refractivity contribution in [1.29, 1.82) is 0 Å². The fraction of sp³-hybridized carbons (Fsp3) is 0.556. The number of esters is 1. The highest BCUT2D eigenvalue weighted by molar-refractivity contribution is 5.86. The van der Waals surface area contributed by atoms with E-state index in [1.54, 1.807) is 27.7 Å². The van der Waals surface area contributed by atoms with Gasteiger partial charge in [-0.3, -0.25) is 5.32 Å². The Morgan fingerprint density at radius 2 is 1.88 bits per heavy atom. The maximum Gasteiger partial charge on any atom is 0.410 e. The lowest BCUT2D eigenvalue weighted by molar-refractivity contribution is -0.158. The van der Waals surface area contributed by atoms with Crippen molar-refractivity contribution in [2.45, 2.75) is 45.4 Å². The third-order valence-corrected chi connectivity index (χ3v) is 3.85. The summed E-state index contributed by atoms with van der Waals surface area (Å²) in [5.74, 6) is -2.39. The van der Waals surface area contributed by atoms with Crippen molar-refractivity contribution in [3.05, 3.63) is 35.4 Å². The molecule has 0 unspecified atom stereocenters. The van der Waals surface area contributed by atoms with Gasteiger partial charge in [-0.05, 0) is 45.4 Å². The highest BCUT2D eigenvalue weighted by Crippen LogP contribution is 2.26. The second-order valence-electron chi connectivity index (χ2n) is 7.24. The standard InChI is InChI=1S/C18H24F2N2O4/c1-5-25-15(23)18(10-22(11-18)16(24)26-17(2,3)4)21-9-12-6-7-13(19)14(20)8-12/h6-8,21H,5,9-11H2,1-4H3. The van der Waals surface area contributed by atoms with Crippen LogP contribution in [0.5, 0.6) is 0 Å². The Hall–Kier alpha value is -2.22. The predicted octanol–water partition coefficient (Wildman–Crippen LogP) is 2.61. The van der Waals surface area contributed by atoms with Gasteiger partial charge in [0.05, 0.1) is 19.7 Å². The van der Waals surface area contributed by atoms with E-state index in [9.17, 15) is 18.4 Å². The van der Waals surface area contributed by atoms with Crippen LogP contribution in [0.1, 0.15) is 33.3 Å². The number of carbonyl (C=O) groups is 2. The highest BCUT2D eigenvalue weighted by Gasteiger charge is 2.53. The van der Waals surface area contributed by atoms with Crippen LogP contribution in [-0.4, -0.2) is 47.8 Å². The van der Waals surface area contributed by atoms with Crippen molar-refractivity contribution in [3.8, 4) is 0 Å². The summed E-state index contributed by atoms with van der Waals surface area (Å²) in [5.41, 5.74) is -1.26.